The maximum absolute atomic E-state index is 10.9. The van der Waals surface area contributed by atoms with Crippen molar-refractivity contribution in [2.75, 3.05) is 6.61 Å². The summed E-state index contributed by atoms with van der Waals surface area (Å²) in [7, 11) is 0. The molecule has 0 radical (unpaired) electrons. The van der Waals surface area contributed by atoms with Gasteiger partial charge in [-0.1, -0.05) is 0 Å². The largest absolute Gasteiger partial charge is 0.480 e. The summed E-state index contributed by atoms with van der Waals surface area (Å²) in [5.74, 6) is -1.37. The summed E-state index contributed by atoms with van der Waals surface area (Å²) in [6.07, 6.45) is -8.48. The first-order valence-electron chi connectivity index (χ1n) is 5.77. The van der Waals surface area contributed by atoms with E-state index in [1.807, 2.05) is 0 Å². The molecule has 0 aromatic rings. The minimum atomic E-state index is -1.60. The lowest BCUT2D eigenvalue weighted by molar-refractivity contribution is -0.239. The van der Waals surface area contributed by atoms with E-state index in [1.54, 1.807) is 0 Å². The molecular formula is C10H19NO8. The van der Waals surface area contributed by atoms with Crippen molar-refractivity contribution in [1.29, 1.82) is 0 Å². The molecule has 112 valence electrons. The molecule has 1 fully saturated rings. The number of hydrogen-bond acceptors (Lipinski definition) is 8. The molecule has 0 spiro atoms. The summed E-state index contributed by atoms with van der Waals surface area (Å²) in [4.78, 5) is 10.9. The highest BCUT2D eigenvalue weighted by Crippen LogP contribution is 2.20. The Morgan fingerprint density at radius 3 is 2.26 bits per heavy atom. The Morgan fingerprint density at radius 1 is 1.26 bits per heavy atom. The fourth-order valence-electron chi connectivity index (χ4n) is 1.83. The van der Waals surface area contributed by atoms with Gasteiger partial charge in [0.2, 0.25) is 0 Å². The summed E-state index contributed by atoms with van der Waals surface area (Å²) in [6.45, 7) is 0.616. The van der Waals surface area contributed by atoms with Crippen LogP contribution in [0.4, 0.5) is 0 Å². The van der Waals surface area contributed by atoms with E-state index in [0.29, 0.717) is 0 Å². The number of ether oxygens (including phenoxy) is 1. The standard InChI is InChI=1S/C10H19NO8/c1-3(13)5(10(17)18)11-9-8(16)7(15)6(14)4(2-12)19-9/h3-9,11-16H,2H2,1H3,(H,17,18)/t3-,4-,5+,6+,7+,8-,9?/m1/s1. The minimum Gasteiger partial charge on any atom is -0.480 e. The van der Waals surface area contributed by atoms with Crippen molar-refractivity contribution in [2.24, 2.45) is 0 Å². The van der Waals surface area contributed by atoms with Crippen molar-refractivity contribution in [3.63, 3.8) is 0 Å². The van der Waals surface area contributed by atoms with Crippen LogP contribution in [0.3, 0.4) is 0 Å². The van der Waals surface area contributed by atoms with E-state index in [1.165, 1.54) is 6.92 Å². The average molecular weight is 281 g/mol. The molecule has 7 N–H and O–H groups in total. The van der Waals surface area contributed by atoms with Gasteiger partial charge in [-0.25, -0.2) is 0 Å². The zero-order chi connectivity index (χ0) is 14.7. The first kappa shape index (κ1) is 16.2. The topological polar surface area (TPSA) is 160 Å². The number of carboxylic acids is 1. The predicted octanol–water partition coefficient (Wildman–Crippen LogP) is -3.79. The molecule has 0 aromatic heterocycles. The molecule has 9 nitrogen and oxygen atoms in total. The van der Waals surface area contributed by atoms with Crippen LogP contribution in [0.2, 0.25) is 0 Å². The summed E-state index contributed by atoms with van der Waals surface area (Å²) in [5, 5.41) is 58.2. The summed E-state index contributed by atoms with van der Waals surface area (Å²) >= 11 is 0. The second-order valence-electron chi connectivity index (χ2n) is 4.47. The lowest BCUT2D eigenvalue weighted by atomic mass is 9.98. The zero-order valence-electron chi connectivity index (χ0n) is 10.2. The number of aliphatic carboxylic acids is 1. The normalized spacial score (nSPS) is 38.7. The van der Waals surface area contributed by atoms with E-state index in [-0.39, 0.29) is 0 Å². The molecule has 0 aromatic carbocycles. The molecular weight excluding hydrogens is 262 g/mol. The molecule has 1 aliphatic heterocycles. The van der Waals surface area contributed by atoms with Crippen LogP contribution < -0.4 is 5.32 Å². The lowest BCUT2D eigenvalue weighted by Gasteiger charge is -2.41. The molecule has 0 saturated carbocycles. The van der Waals surface area contributed by atoms with Crippen LogP contribution in [0, 0.1) is 0 Å². The van der Waals surface area contributed by atoms with Gasteiger partial charge in [0.15, 0.2) is 0 Å². The van der Waals surface area contributed by atoms with Crippen LogP contribution in [0.25, 0.3) is 0 Å². The Kier molecular flexibility index (Phi) is 5.62. The van der Waals surface area contributed by atoms with Crippen LogP contribution in [0.5, 0.6) is 0 Å². The molecule has 19 heavy (non-hydrogen) atoms. The van der Waals surface area contributed by atoms with Crippen LogP contribution in [-0.4, -0.2) is 86.0 Å². The third-order valence-corrected chi connectivity index (χ3v) is 2.98. The fraction of sp³-hybridized carbons (Fsp3) is 0.900. The van der Waals surface area contributed by atoms with Gasteiger partial charge in [-0.15, -0.1) is 0 Å². The Morgan fingerprint density at radius 2 is 1.84 bits per heavy atom. The van der Waals surface area contributed by atoms with Crippen molar-refractivity contribution in [2.45, 2.75) is 49.7 Å². The first-order valence-corrected chi connectivity index (χ1v) is 5.77. The molecule has 0 bridgehead atoms. The van der Waals surface area contributed by atoms with Gasteiger partial charge in [-0.05, 0) is 6.92 Å². The van der Waals surface area contributed by atoms with E-state index in [0.717, 1.165) is 0 Å². The number of aliphatic hydroxyl groups is 5. The number of rotatable bonds is 5. The summed E-state index contributed by atoms with van der Waals surface area (Å²) in [6, 6.07) is -1.43. The number of hydrogen-bond donors (Lipinski definition) is 7. The van der Waals surface area contributed by atoms with Gasteiger partial charge in [-0.3, -0.25) is 10.1 Å². The van der Waals surface area contributed by atoms with Crippen LogP contribution in [0.1, 0.15) is 6.92 Å². The molecule has 1 rings (SSSR count). The van der Waals surface area contributed by atoms with Crippen LogP contribution in [0.15, 0.2) is 0 Å². The second-order valence-corrected chi connectivity index (χ2v) is 4.47. The van der Waals surface area contributed by atoms with Gasteiger partial charge in [0.1, 0.15) is 36.7 Å². The smallest absolute Gasteiger partial charge is 0.323 e. The molecule has 7 atom stereocenters. The van der Waals surface area contributed by atoms with E-state index in [4.69, 9.17) is 14.9 Å². The molecule has 0 aliphatic carbocycles. The average Bonchev–Trinajstić information content (AvgIpc) is 2.34. The SMILES string of the molecule is C[C@@H](O)[C@H](NC1O[C@H](CO)[C@H](O)[C@H](O)[C@H]1O)C(=O)O. The first-order chi connectivity index (χ1) is 8.79. The monoisotopic (exact) mass is 281 g/mol. The Hall–Kier alpha value is -0.810. The zero-order valence-corrected chi connectivity index (χ0v) is 10.2. The van der Waals surface area contributed by atoms with E-state index in [9.17, 15) is 25.2 Å². The maximum atomic E-state index is 10.9. The van der Waals surface area contributed by atoms with Gasteiger partial charge in [0.05, 0.1) is 12.7 Å². The van der Waals surface area contributed by atoms with Gasteiger partial charge < -0.3 is 35.4 Å². The van der Waals surface area contributed by atoms with Gasteiger partial charge >= 0.3 is 5.97 Å². The lowest BCUT2D eigenvalue weighted by Crippen LogP contribution is -2.65. The summed E-state index contributed by atoms with van der Waals surface area (Å²) < 4.78 is 5.07. The third-order valence-electron chi connectivity index (χ3n) is 2.98. The molecule has 1 saturated heterocycles. The molecule has 0 amide bonds. The number of aliphatic hydroxyl groups excluding tert-OH is 5. The van der Waals surface area contributed by atoms with Crippen molar-refractivity contribution in [3.05, 3.63) is 0 Å². The number of carbonyl (C=O) groups is 1. The van der Waals surface area contributed by atoms with Crippen molar-refractivity contribution < 1.29 is 40.2 Å². The third kappa shape index (κ3) is 3.60. The summed E-state index contributed by atoms with van der Waals surface area (Å²) in [5.41, 5.74) is 0. The van der Waals surface area contributed by atoms with Crippen molar-refractivity contribution >= 4 is 5.97 Å². The van der Waals surface area contributed by atoms with Gasteiger partial charge in [0.25, 0.3) is 0 Å². The van der Waals surface area contributed by atoms with Crippen molar-refractivity contribution in [1.82, 2.24) is 5.32 Å². The highest BCUT2D eigenvalue weighted by atomic mass is 16.6. The van der Waals surface area contributed by atoms with Gasteiger partial charge in [0, 0.05) is 0 Å². The highest BCUT2D eigenvalue weighted by molar-refractivity contribution is 5.74. The minimum absolute atomic E-state index is 0.616. The van der Waals surface area contributed by atoms with E-state index >= 15 is 0 Å². The van der Waals surface area contributed by atoms with Crippen LogP contribution in [-0.2, 0) is 9.53 Å². The molecule has 1 unspecified atom stereocenters. The molecule has 1 heterocycles. The van der Waals surface area contributed by atoms with Crippen molar-refractivity contribution in [3.8, 4) is 0 Å². The van der Waals surface area contributed by atoms with Crippen LogP contribution >= 0.6 is 0 Å². The maximum Gasteiger partial charge on any atom is 0.323 e. The van der Waals surface area contributed by atoms with Gasteiger partial charge in [-0.2, -0.15) is 0 Å². The quantitative estimate of drug-likeness (QED) is 0.268. The predicted molar refractivity (Wildman–Crippen MR) is 60.0 cm³/mol. The highest BCUT2D eigenvalue weighted by Gasteiger charge is 2.44. The van der Waals surface area contributed by atoms with E-state index in [2.05, 4.69) is 5.32 Å². The Labute approximate surface area is 109 Å². The Balaban J connectivity index is 2.78. The number of carboxylic acid groups (broad SMARTS) is 1. The molecule has 1 aliphatic rings. The Bertz CT molecular complexity index is 310. The second kappa shape index (κ2) is 6.57. The fourth-order valence-corrected chi connectivity index (χ4v) is 1.83. The van der Waals surface area contributed by atoms with E-state index < -0.39 is 55.4 Å². The number of nitrogens with one attached hydrogen (secondary N) is 1. The molecule has 9 heteroatoms.